The number of nitrogens with zero attached hydrogens (tertiary/aromatic N) is 2. The summed E-state index contributed by atoms with van der Waals surface area (Å²) >= 11 is 6.08. The van der Waals surface area contributed by atoms with E-state index in [1.165, 1.54) is 17.0 Å². The molecule has 3 aromatic carbocycles. The highest BCUT2D eigenvalue weighted by Gasteiger charge is 2.34. The van der Waals surface area contributed by atoms with Crippen molar-refractivity contribution in [3.8, 4) is 0 Å². The molecule has 0 saturated heterocycles. The molecule has 7 nitrogen and oxygen atoms in total. The SMILES string of the molecule is CC[C@@H](C(=O)NC1CCCC1)N(Cc1cccc(C)c1)C(=O)CN(c1ccc(Cl)cc1)S(=O)(=O)c1ccccc1. The molecule has 212 valence electrons. The standard InChI is InChI=1S/C31H36ClN3O4S/c1-3-29(31(37)33-26-12-7-8-13-26)34(21-24-11-9-10-23(2)20-24)30(36)22-35(27-18-16-25(32)17-19-27)40(38,39)28-14-5-4-6-15-28/h4-6,9-11,14-20,26,29H,3,7-8,12-13,21-22H2,1-2H3,(H,33,37)/t29-/m0/s1. The van der Waals surface area contributed by atoms with Gasteiger partial charge in [0.25, 0.3) is 10.0 Å². The lowest BCUT2D eigenvalue weighted by molar-refractivity contribution is -0.140. The van der Waals surface area contributed by atoms with Crippen molar-refractivity contribution in [2.75, 3.05) is 10.8 Å². The van der Waals surface area contributed by atoms with Gasteiger partial charge in [-0.15, -0.1) is 0 Å². The smallest absolute Gasteiger partial charge is 0.264 e. The van der Waals surface area contributed by atoms with Crippen molar-refractivity contribution in [3.63, 3.8) is 0 Å². The lowest BCUT2D eigenvalue weighted by Crippen LogP contribution is -2.53. The molecular weight excluding hydrogens is 546 g/mol. The summed E-state index contributed by atoms with van der Waals surface area (Å²) in [5, 5.41) is 3.58. The minimum absolute atomic E-state index is 0.0639. The second-order valence-corrected chi connectivity index (χ2v) is 12.5. The number of hydrogen-bond donors (Lipinski definition) is 1. The zero-order valence-corrected chi connectivity index (χ0v) is 24.5. The van der Waals surface area contributed by atoms with E-state index in [1.807, 2.05) is 38.1 Å². The first-order valence-corrected chi connectivity index (χ1v) is 15.5. The van der Waals surface area contributed by atoms with Crippen molar-refractivity contribution in [2.45, 2.75) is 69.5 Å². The number of benzene rings is 3. The summed E-state index contributed by atoms with van der Waals surface area (Å²) in [5.41, 5.74) is 2.20. The van der Waals surface area contributed by atoms with Gasteiger partial charge >= 0.3 is 0 Å². The molecule has 0 heterocycles. The van der Waals surface area contributed by atoms with Crippen molar-refractivity contribution in [2.24, 2.45) is 0 Å². The average Bonchev–Trinajstić information content (AvgIpc) is 3.45. The highest BCUT2D eigenvalue weighted by molar-refractivity contribution is 7.92. The first kappa shape index (κ1) is 29.6. The maximum absolute atomic E-state index is 14.1. The maximum atomic E-state index is 14.1. The zero-order valence-electron chi connectivity index (χ0n) is 22.9. The molecule has 1 fully saturated rings. The van der Waals surface area contributed by atoms with E-state index >= 15 is 0 Å². The predicted octanol–water partition coefficient (Wildman–Crippen LogP) is 5.71. The maximum Gasteiger partial charge on any atom is 0.264 e. The Morgan fingerprint density at radius 3 is 2.27 bits per heavy atom. The molecule has 3 aromatic rings. The number of carbonyl (C=O) groups excluding carboxylic acids is 2. The third-order valence-corrected chi connectivity index (χ3v) is 9.29. The number of hydrogen-bond acceptors (Lipinski definition) is 4. The summed E-state index contributed by atoms with van der Waals surface area (Å²) in [6.07, 6.45) is 4.38. The molecule has 40 heavy (non-hydrogen) atoms. The molecule has 0 aliphatic heterocycles. The van der Waals surface area contributed by atoms with Crippen LogP contribution in [0.5, 0.6) is 0 Å². The van der Waals surface area contributed by atoms with E-state index in [4.69, 9.17) is 11.6 Å². The molecule has 1 atom stereocenters. The van der Waals surface area contributed by atoms with Crippen LogP contribution in [-0.4, -0.2) is 43.8 Å². The number of nitrogens with one attached hydrogen (secondary N) is 1. The molecule has 1 N–H and O–H groups in total. The van der Waals surface area contributed by atoms with E-state index in [0.717, 1.165) is 41.1 Å². The van der Waals surface area contributed by atoms with Gasteiger partial charge in [-0.2, -0.15) is 0 Å². The van der Waals surface area contributed by atoms with Gasteiger partial charge in [-0.1, -0.05) is 79.4 Å². The Hall–Kier alpha value is -3.36. The van der Waals surface area contributed by atoms with Gasteiger partial charge in [-0.25, -0.2) is 8.42 Å². The monoisotopic (exact) mass is 581 g/mol. The molecule has 4 rings (SSSR count). The van der Waals surface area contributed by atoms with Crippen LogP contribution in [0.15, 0.2) is 83.8 Å². The van der Waals surface area contributed by atoms with Crippen LogP contribution in [0.3, 0.4) is 0 Å². The van der Waals surface area contributed by atoms with Crippen LogP contribution < -0.4 is 9.62 Å². The van der Waals surface area contributed by atoms with Crippen LogP contribution in [0.1, 0.15) is 50.2 Å². The van der Waals surface area contributed by atoms with Gasteiger partial charge in [0.15, 0.2) is 0 Å². The Morgan fingerprint density at radius 1 is 0.975 bits per heavy atom. The number of halogens is 1. The molecule has 1 saturated carbocycles. The molecule has 2 amide bonds. The Bertz CT molecular complexity index is 1410. The number of anilines is 1. The summed E-state index contributed by atoms with van der Waals surface area (Å²) in [5.74, 6) is -0.677. The number of sulfonamides is 1. The average molecular weight is 582 g/mol. The minimum atomic E-state index is -4.10. The second kappa shape index (κ2) is 13.3. The Labute approximate surface area is 242 Å². The number of amides is 2. The first-order valence-electron chi connectivity index (χ1n) is 13.7. The van der Waals surface area contributed by atoms with Crippen molar-refractivity contribution < 1.29 is 18.0 Å². The molecule has 0 spiro atoms. The topological polar surface area (TPSA) is 86.8 Å². The van der Waals surface area contributed by atoms with E-state index in [1.54, 1.807) is 42.5 Å². The molecule has 9 heteroatoms. The van der Waals surface area contributed by atoms with E-state index in [-0.39, 0.29) is 23.4 Å². The molecule has 1 aliphatic rings. The first-order chi connectivity index (χ1) is 19.2. The minimum Gasteiger partial charge on any atom is -0.352 e. The lowest BCUT2D eigenvalue weighted by Gasteiger charge is -2.34. The summed E-state index contributed by atoms with van der Waals surface area (Å²) in [4.78, 5) is 29.2. The largest absolute Gasteiger partial charge is 0.352 e. The van der Waals surface area contributed by atoms with Crippen LogP contribution in [0, 0.1) is 6.92 Å². The Kier molecular flexibility index (Phi) is 9.87. The summed E-state index contributed by atoms with van der Waals surface area (Å²) in [6, 6.07) is 21.4. The molecule has 0 radical (unpaired) electrons. The number of carbonyl (C=O) groups is 2. The highest BCUT2D eigenvalue weighted by Crippen LogP contribution is 2.26. The van der Waals surface area contributed by atoms with Crippen LogP contribution in [0.25, 0.3) is 0 Å². The quantitative estimate of drug-likeness (QED) is 0.314. The highest BCUT2D eigenvalue weighted by atomic mass is 35.5. The summed E-state index contributed by atoms with van der Waals surface area (Å²) in [6.45, 7) is 3.54. The van der Waals surface area contributed by atoms with E-state index in [0.29, 0.717) is 17.1 Å². The van der Waals surface area contributed by atoms with Crippen molar-refractivity contribution in [3.05, 3.63) is 95.0 Å². The fraction of sp³-hybridized carbons (Fsp3) is 0.355. The van der Waals surface area contributed by atoms with Gasteiger partial charge in [0.1, 0.15) is 12.6 Å². The van der Waals surface area contributed by atoms with Gasteiger partial charge in [0.2, 0.25) is 11.8 Å². The molecule has 0 bridgehead atoms. The number of aryl methyl sites for hydroxylation is 1. The fourth-order valence-electron chi connectivity index (χ4n) is 5.15. The number of rotatable bonds is 11. The third kappa shape index (κ3) is 7.23. The summed E-state index contributed by atoms with van der Waals surface area (Å²) < 4.78 is 28.7. The Balaban J connectivity index is 1.70. The van der Waals surface area contributed by atoms with E-state index < -0.39 is 28.5 Å². The van der Waals surface area contributed by atoms with Gasteiger partial charge in [0.05, 0.1) is 10.6 Å². The molecule has 0 unspecified atom stereocenters. The molecule has 1 aliphatic carbocycles. The normalized spacial score (nSPS) is 14.5. The van der Waals surface area contributed by atoms with E-state index in [2.05, 4.69) is 5.32 Å². The Morgan fingerprint density at radius 2 is 1.65 bits per heavy atom. The lowest BCUT2D eigenvalue weighted by atomic mass is 10.1. The van der Waals surface area contributed by atoms with Crippen molar-refractivity contribution in [1.29, 1.82) is 0 Å². The molecule has 0 aromatic heterocycles. The van der Waals surface area contributed by atoms with Crippen molar-refractivity contribution >= 4 is 39.1 Å². The van der Waals surface area contributed by atoms with Gasteiger partial charge < -0.3 is 10.2 Å². The van der Waals surface area contributed by atoms with Gasteiger partial charge in [-0.3, -0.25) is 13.9 Å². The predicted molar refractivity (Wildman–Crippen MR) is 159 cm³/mol. The third-order valence-electron chi connectivity index (χ3n) is 7.25. The second-order valence-electron chi connectivity index (χ2n) is 10.2. The zero-order chi connectivity index (χ0) is 28.7. The van der Waals surface area contributed by atoms with Gasteiger partial charge in [0, 0.05) is 17.6 Å². The van der Waals surface area contributed by atoms with Crippen molar-refractivity contribution in [1.82, 2.24) is 10.2 Å². The van der Waals surface area contributed by atoms with Crippen LogP contribution in [0.4, 0.5) is 5.69 Å². The van der Waals surface area contributed by atoms with Crippen LogP contribution in [0.2, 0.25) is 5.02 Å². The summed E-state index contributed by atoms with van der Waals surface area (Å²) in [7, 11) is -4.10. The van der Waals surface area contributed by atoms with Crippen LogP contribution >= 0.6 is 11.6 Å². The molecular formula is C31H36ClN3O4S. The van der Waals surface area contributed by atoms with Crippen LogP contribution in [-0.2, 0) is 26.2 Å². The van der Waals surface area contributed by atoms with E-state index in [9.17, 15) is 18.0 Å². The fourth-order valence-corrected chi connectivity index (χ4v) is 6.71. The van der Waals surface area contributed by atoms with Gasteiger partial charge in [-0.05, 0) is 68.1 Å².